The minimum atomic E-state index is -0.987. The number of carbonyl (C=O) groups is 2. The van der Waals surface area contributed by atoms with Crippen LogP contribution >= 0.6 is 27.7 Å². The number of ether oxygens (including phenoxy) is 1. The summed E-state index contributed by atoms with van der Waals surface area (Å²) in [6.45, 7) is 0. The highest BCUT2D eigenvalue weighted by molar-refractivity contribution is 9.10. The summed E-state index contributed by atoms with van der Waals surface area (Å²) in [6.07, 6.45) is 0. The highest BCUT2D eigenvalue weighted by Gasteiger charge is 2.34. The largest absolute Gasteiger partial charge is 0.495 e. The van der Waals surface area contributed by atoms with Crippen LogP contribution in [0.25, 0.3) is 0 Å². The van der Waals surface area contributed by atoms with E-state index in [-0.39, 0.29) is 0 Å². The van der Waals surface area contributed by atoms with Gasteiger partial charge in [-0.15, -0.1) is 11.8 Å². The topological polar surface area (TPSA) is 78.9 Å². The Labute approximate surface area is 128 Å². The zero-order chi connectivity index (χ0) is 14.7. The third kappa shape index (κ3) is 3.18. The highest BCUT2D eigenvalue weighted by atomic mass is 79.9. The summed E-state index contributed by atoms with van der Waals surface area (Å²) in [4.78, 5) is 24.5. The molecule has 2 N–H and O–H groups in total. The monoisotopic (exact) mass is 360 g/mol. The predicted molar refractivity (Wildman–Crippen MR) is 80.3 cm³/mol. The highest BCUT2D eigenvalue weighted by Crippen LogP contribution is 2.28. The number of hydrogen-bond acceptors (Lipinski definition) is 4. The Bertz CT molecular complexity index is 540. The normalized spacial score (nSPS) is 17.9. The maximum absolute atomic E-state index is 12.1. The van der Waals surface area contributed by atoms with Gasteiger partial charge < -0.3 is 20.1 Å². The molecule has 1 aliphatic heterocycles. The van der Waals surface area contributed by atoms with E-state index in [2.05, 4.69) is 21.2 Å². The molecule has 1 aromatic rings. The van der Waals surface area contributed by atoms with Gasteiger partial charge in [-0.2, -0.15) is 0 Å². The molecule has 0 saturated carbocycles. The molecular weight excluding hydrogens is 348 g/mol. The number of nitrogens with one attached hydrogen (secondary N) is 1. The van der Waals surface area contributed by atoms with E-state index in [1.54, 1.807) is 18.2 Å². The van der Waals surface area contributed by atoms with E-state index in [4.69, 9.17) is 9.84 Å². The Morgan fingerprint density at radius 3 is 2.95 bits per heavy atom. The van der Waals surface area contributed by atoms with Gasteiger partial charge in [0.25, 0.3) is 0 Å². The summed E-state index contributed by atoms with van der Waals surface area (Å²) in [5.41, 5.74) is 0.552. The average Bonchev–Trinajstić information content (AvgIpc) is 2.90. The van der Waals surface area contributed by atoms with Crippen molar-refractivity contribution in [2.45, 2.75) is 6.04 Å². The Morgan fingerprint density at radius 2 is 2.30 bits per heavy atom. The number of halogens is 1. The Hall–Kier alpha value is -1.41. The molecule has 1 saturated heterocycles. The molecule has 0 radical (unpaired) electrons. The van der Waals surface area contributed by atoms with Gasteiger partial charge in [0.2, 0.25) is 0 Å². The molecule has 1 heterocycles. The van der Waals surface area contributed by atoms with Crippen LogP contribution in [0.15, 0.2) is 22.7 Å². The molecule has 2 rings (SSSR count). The SMILES string of the molecule is COc1cc(NC(=O)N2CSC[C@H]2C(=O)O)ccc1Br. The number of amides is 2. The van der Waals surface area contributed by atoms with Gasteiger partial charge in [-0.3, -0.25) is 0 Å². The lowest BCUT2D eigenvalue weighted by Gasteiger charge is -2.21. The fourth-order valence-corrected chi connectivity index (χ4v) is 3.33. The summed E-state index contributed by atoms with van der Waals surface area (Å²) in [5, 5.41) is 11.7. The number of rotatable bonds is 3. The molecule has 8 heteroatoms. The standard InChI is InChI=1S/C12H13BrN2O4S/c1-19-10-4-7(2-3-8(10)13)14-12(18)15-6-20-5-9(15)11(16)17/h2-4,9H,5-6H2,1H3,(H,14,18)(H,16,17)/t9-/m0/s1. The van der Waals surface area contributed by atoms with Crippen LogP contribution in [0.3, 0.4) is 0 Å². The van der Waals surface area contributed by atoms with E-state index in [0.717, 1.165) is 4.47 Å². The van der Waals surface area contributed by atoms with Crippen molar-refractivity contribution < 1.29 is 19.4 Å². The van der Waals surface area contributed by atoms with Gasteiger partial charge in [0.1, 0.15) is 11.8 Å². The van der Waals surface area contributed by atoms with Gasteiger partial charge in [0.15, 0.2) is 0 Å². The van der Waals surface area contributed by atoms with E-state index < -0.39 is 18.0 Å². The first kappa shape index (κ1) is 15.0. The second-order valence-corrected chi connectivity index (χ2v) is 5.96. The first-order valence-corrected chi connectivity index (χ1v) is 7.69. The zero-order valence-electron chi connectivity index (χ0n) is 10.6. The fourth-order valence-electron chi connectivity index (χ4n) is 1.78. The van der Waals surface area contributed by atoms with Gasteiger partial charge >= 0.3 is 12.0 Å². The number of nitrogens with zero attached hydrogens (tertiary/aromatic N) is 1. The zero-order valence-corrected chi connectivity index (χ0v) is 13.0. The van der Waals surface area contributed by atoms with Crippen LogP contribution in [-0.2, 0) is 4.79 Å². The Morgan fingerprint density at radius 1 is 1.55 bits per heavy atom. The molecule has 0 bridgehead atoms. The molecule has 1 aromatic carbocycles. The van der Waals surface area contributed by atoms with Gasteiger partial charge in [0.05, 0.1) is 17.5 Å². The van der Waals surface area contributed by atoms with Gasteiger partial charge in [-0.1, -0.05) is 0 Å². The molecular formula is C12H13BrN2O4S. The van der Waals surface area contributed by atoms with Crippen LogP contribution in [0.5, 0.6) is 5.75 Å². The number of carboxylic acids is 1. The van der Waals surface area contributed by atoms with Gasteiger partial charge in [-0.05, 0) is 28.1 Å². The summed E-state index contributed by atoms with van der Waals surface area (Å²) < 4.78 is 5.92. The third-order valence-corrected chi connectivity index (χ3v) is 4.50. The van der Waals surface area contributed by atoms with Gasteiger partial charge in [0, 0.05) is 17.5 Å². The molecule has 0 aromatic heterocycles. The average molecular weight is 361 g/mol. The number of carboxylic acid groups (broad SMARTS) is 1. The first-order chi connectivity index (χ1) is 9.52. The Kier molecular flexibility index (Phi) is 4.77. The van der Waals surface area contributed by atoms with Crippen molar-refractivity contribution in [3.8, 4) is 5.75 Å². The molecule has 6 nitrogen and oxygen atoms in total. The van der Waals surface area contributed by atoms with Crippen molar-refractivity contribution in [2.75, 3.05) is 24.1 Å². The van der Waals surface area contributed by atoms with Crippen LogP contribution in [0.2, 0.25) is 0 Å². The van der Waals surface area contributed by atoms with Crippen LogP contribution in [-0.4, -0.2) is 46.8 Å². The molecule has 2 amide bonds. The van der Waals surface area contributed by atoms with E-state index in [1.165, 1.54) is 23.8 Å². The summed E-state index contributed by atoms with van der Waals surface area (Å²) >= 11 is 4.74. The van der Waals surface area contributed by atoms with Crippen LogP contribution in [0.4, 0.5) is 10.5 Å². The smallest absolute Gasteiger partial charge is 0.327 e. The molecule has 1 aliphatic rings. The van der Waals surface area contributed by atoms with Crippen molar-refractivity contribution in [2.24, 2.45) is 0 Å². The number of thioether (sulfide) groups is 1. The maximum atomic E-state index is 12.1. The second-order valence-electron chi connectivity index (χ2n) is 4.10. The number of benzene rings is 1. The minimum Gasteiger partial charge on any atom is -0.495 e. The number of aliphatic carboxylic acids is 1. The van der Waals surface area contributed by atoms with E-state index in [0.29, 0.717) is 23.1 Å². The number of carbonyl (C=O) groups excluding carboxylic acids is 1. The van der Waals surface area contributed by atoms with E-state index in [9.17, 15) is 9.59 Å². The van der Waals surface area contributed by atoms with Crippen molar-refractivity contribution in [1.29, 1.82) is 0 Å². The molecule has 20 heavy (non-hydrogen) atoms. The second kappa shape index (κ2) is 6.36. The summed E-state index contributed by atoms with van der Waals surface area (Å²) in [6, 6.07) is 3.93. The first-order valence-electron chi connectivity index (χ1n) is 5.74. The maximum Gasteiger partial charge on any atom is 0.327 e. The van der Waals surface area contributed by atoms with Crippen molar-refractivity contribution >= 4 is 45.4 Å². The molecule has 1 fully saturated rings. The van der Waals surface area contributed by atoms with Crippen LogP contribution in [0.1, 0.15) is 0 Å². The summed E-state index contributed by atoms with van der Waals surface area (Å²) in [5.74, 6) is 0.384. The molecule has 0 spiro atoms. The van der Waals surface area contributed by atoms with Crippen molar-refractivity contribution in [3.05, 3.63) is 22.7 Å². The van der Waals surface area contributed by atoms with Crippen LogP contribution in [0, 0.1) is 0 Å². The van der Waals surface area contributed by atoms with Crippen LogP contribution < -0.4 is 10.1 Å². The molecule has 0 aliphatic carbocycles. The number of methoxy groups -OCH3 is 1. The minimum absolute atomic E-state index is 0.371. The van der Waals surface area contributed by atoms with Crippen molar-refractivity contribution in [1.82, 2.24) is 4.90 Å². The van der Waals surface area contributed by atoms with E-state index >= 15 is 0 Å². The Balaban J connectivity index is 2.09. The number of anilines is 1. The number of urea groups is 1. The lowest BCUT2D eigenvalue weighted by atomic mass is 10.3. The molecule has 108 valence electrons. The lowest BCUT2D eigenvalue weighted by molar-refractivity contribution is -0.140. The quantitative estimate of drug-likeness (QED) is 0.865. The predicted octanol–water partition coefficient (Wildman–Crippen LogP) is 2.45. The van der Waals surface area contributed by atoms with Gasteiger partial charge in [-0.25, -0.2) is 9.59 Å². The molecule has 0 unspecified atom stereocenters. The van der Waals surface area contributed by atoms with E-state index in [1.807, 2.05) is 0 Å². The number of hydrogen-bond donors (Lipinski definition) is 2. The molecule has 1 atom stereocenters. The lowest BCUT2D eigenvalue weighted by Crippen LogP contribution is -2.43. The summed E-state index contributed by atoms with van der Waals surface area (Å²) in [7, 11) is 1.53. The van der Waals surface area contributed by atoms with Crippen molar-refractivity contribution in [3.63, 3.8) is 0 Å². The fraction of sp³-hybridized carbons (Fsp3) is 0.333. The third-order valence-electron chi connectivity index (χ3n) is 2.83.